The van der Waals surface area contributed by atoms with E-state index in [1.54, 1.807) is 0 Å². The minimum absolute atomic E-state index is 0.466. The monoisotopic (exact) mass is 304 g/mol. The van der Waals surface area contributed by atoms with Crippen LogP contribution in [0.5, 0.6) is 0 Å². The average Bonchev–Trinajstić information content (AvgIpc) is 2.91. The second-order valence-electron chi connectivity index (χ2n) is 7.41. The van der Waals surface area contributed by atoms with Crippen molar-refractivity contribution < 1.29 is 0 Å². The predicted molar refractivity (Wildman–Crippen MR) is 94.1 cm³/mol. The van der Waals surface area contributed by atoms with Crippen LogP contribution in [0.25, 0.3) is 0 Å². The third-order valence-corrected chi connectivity index (χ3v) is 6.14. The van der Waals surface area contributed by atoms with Crippen molar-refractivity contribution in [3.63, 3.8) is 0 Å². The lowest BCUT2D eigenvalue weighted by Crippen LogP contribution is -2.35. The van der Waals surface area contributed by atoms with Crippen LogP contribution in [0.3, 0.4) is 0 Å². The zero-order valence-corrected chi connectivity index (χ0v) is 14.2. The van der Waals surface area contributed by atoms with Crippen LogP contribution in [-0.2, 0) is 6.54 Å². The number of nitrogens with one attached hydrogen (secondary N) is 1. The summed E-state index contributed by atoms with van der Waals surface area (Å²) >= 11 is 2.09. The van der Waals surface area contributed by atoms with Gasteiger partial charge in [0.25, 0.3) is 0 Å². The van der Waals surface area contributed by atoms with E-state index in [1.807, 2.05) is 0 Å². The molecule has 21 heavy (non-hydrogen) atoms. The Balaban J connectivity index is 1.60. The SMILES string of the molecule is CC1(C)CSCC(Nc2cccc(CN3CCCC3)c2)C1. The Morgan fingerprint density at radius 2 is 2.10 bits per heavy atom. The van der Waals surface area contributed by atoms with Gasteiger partial charge in [-0.05, 0) is 61.2 Å². The largest absolute Gasteiger partial charge is 0.381 e. The summed E-state index contributed by atoms with van der Waals surface area (Å²) in [5.41, 5.74) is 3.22. The van der Waals surface area contributed by atoms with Gasteiger partial charge < -0.3 is 5.32 Å². The van der Waals surface area contributed by atoms with Gasteiger partial charge in [-0.3, -0.25) is 4.90 Å². The van der Waals surface area contributed by atoms with Gasteiger partial charge in [-0.1, -0.05) is 26.0 Å². The van der Waals surface area contributed by atoms with E-state index in [4.69, 9.17) is 0 Å². The molecule has 0 aromatic heterocycles. The van der Waals surface area contributed by atoms with E-state index in [2.05, 4.69) is 60.1 Å². The summed E-state index contributed by atoms with van der Waals surface area (Å²) < 4.78 is 0. The lowest BCUT2D eigenvalue weighted by molar-refractivity contribution is 0.331. The molecule has 0 radical (unpaired) electrons. The van der Waals surface area contributed by atoms with Crippen molar-refractivity contribution in [1.82, 2.24) is 4.90 Å². The van der Waals surface area contributed by atoms with Crippen molar-refractivity contribution in [3.05, 3.63) is 29.8 Å². The normalized spacial score (nSPS) is 25.9. The molecule has 0 aliphatic carbocycles. The molecule has 3 heteroatoms. The van der Waals surface area contributed by atoms with Crippen molar-refractivity contribution in [1.29, 1.82) is 0 Å². The number of thioether (sulfide) groups is 1. The molecule has 116 valence electrons. The third-order valence-electron chi connectivity index (χ3n) is 4.51. The zero-order valence-electron chi connectivity index (χ0n) is 13.4. The first-order valence-corrected chi connectivity index (χ1v) is 9.42. The van der Waals surface area contributed by atoms with Crippen LogP contribution in [-0.4, -0.2) is 35.5 Å². The minimum atomic E-state index is 0.466. The maximum Gasteiger partial charge on any atom is 0.0357 e. The smallest absolute Gasteiger partial charge is 0.0357 e. The fourth-order valence-electron chi connectivity index (χ4n) is 3.55. The number of nitrogens with zero attached hydrogens (tertiary/aromatic N) is 1. The fourth-order valence-corrected chi connectivity index (χ4v) is 4.82. The highest BCUT2D eigenvalue weighted by atomic mass is 32.2. The molecule has 1 aromatic rings. The molecule has 3 rings (SSSR count). The molecule has 2 aliphatic heterocycles. The van der Waals surface area contributed by atoms with Gasteiger partial charge in [-0.15, -0.1) is 0 Å². The van der Waals surface area contributed by atoms with Crippen LogP contribution in [0.15, 0.2) is 24.3 Å². The van der Waals surface area contributed by atoms with Crippen LogP contribution in [0, 0.1) is 5.41 Å². The fraction of sp³-hybridized carbons (Fsp3) is 0.667. The Kier molecular flexibility index (Phi) is 4.80. The molecule has 0 amide bonds. The highest BCUT2D eigenvalue weighted by Crippen LogP contribution is 2.34. The molecule has 2 fully saturated rings. The second-order valence-corrected chi connectivity index (χ2v) is 8.44. The van der Waals surface area contributed by atoms with Gasteiger partial charge in [-0.2, -0.15) is 11.8 Å². The first kappa shape index (κ1) is 15.2. The van der Waals surface area contributed by atoms with E-state index in [0.29, 0.717) is 11.5 Å². The molecule has 0 bridgehead atoms. The molecular formula is C18H28N2S. The predicted octanol–water partition coefficient (Wildman–Crippen LogP) is 4.23. The van der Waals surface area contributed by atoms with Crippen molar-refractivity contribution in [2.45, 2.75) is 45.7 Å². The Morgan fingerprint density at radius 1 is 1.29 bits per heavy atom. The van der Waals surface area contributed by atoms with Crippen LogP contribution in [0.1, 0.15) is 38.7 Å². The topological polar surface area (TPSA) is 15.3 Å². The Hall–Kier alpha value is -0.670. The number of benzene rings is 1. The first-order chi connectivity index (χ1) is 10.1. The average molecular weight is 305 g/mol. The Bertz CT molecular complexity index is 466. The van der Waals surface area contributed by atoms with Crippen LogP contribution in [0.2, 0.25) is 0 Å². The summed E-state index contributed by atoms with van der Waals surface area (Å²) in [6.07, 6.45) is 4.01. The maximum absolute atomic E-state index is 3.76. The summed E-state index contributed by atoms with van der Waals surface area (Å²) in [5.74, 6) is 2.53. The molecular weight excluding hydrogens is 276 g/mol. The molecule has 1 atom stereocenters. The second kappa shape index (κ2) is 6.62. The minimum Gasteiger partial charge on any atom is -0.381 e. The van der Waals surface area contributed by atoms with Gasteiger partial charge in [0.05, 0.1) is 0 Å². The van der Waals surface area contributed by atoms with E-state index in [0.717, 1.165) is 6.54 Å². The number of rotatable bonds is 4. The highest BCUT2D eigenvalue weighted by Gasteiger charge is 2.28. The van der Waals surface area contributed by atoms with Gasteiger partial charge in [0.15, 0.2) is 0 Å². The van der Waals surface area contributed by atoms with Crippen molar-refractivity contribution in [2.75, 3.05) is 29.9 Å². The van der Waals surface area contributed by atoms with E-state index in [-0.39, 0.29) is 0 Å². The molecule has 2 nitrogen and oxygen atoms in total. The van der Waals surface area contributed by atoms with Crippen molar-refractivity contribution in [3.8, 4) is 0 Å². The van der Waals surface area contributed by atoms with Crippen molar-refractivity contribution >= 4 is 17.4 Å². The van der Waals surface area contributed by atoms with Crippen LogP contribution in [0.4, 0.5) is 5.69 Å². The van der Waals surface area contributed by atoms with E-state index >= 15 is 0 Å². The molecule has 2 heterocycles. The number of likely N-dealkylation sites (tertiary alicyclic amines) is 1. The third kappa shape index (κ3) is 4.40. The summed E-state index contributed by atoms with van der Waals surface area (Å²) in [6.45, 7) is 8.42. The molecule has 0 saturated carbocycles. The standard InChI is InChI=1S/C18H28N2S/c1-18(2)11-17(13-21-14-18)19-16-7-5-6-15(10-16)12-20-8-3-4-9-20/h5-7,10,17,19H,3-4,8-9,11-14H2,1-2H3. The quantitative estimate of drug-likeness (QED) is 0.896. The number of hydrogen-bond donors (Lipinski definition) is 1. The molecule has 0 spiro atoms. The zero-order chi connectivity index (χ0) is 14.7. The summed E-state index contributed by atoms with van der Waals surface area (Å²) in [7, 11) is 0. The highest BCUT2D eigenvalue weighted by molar-refractivity contribution is 7.99. The van der Waals surface area contributed by atoms with Gasteiger partial charge in [0.1, 0.15) is 0 Å². The van der Waals surface area contributed by atoms with Gasteiger partial charge in [0.2, 0.25) is 0 Å². The number of anilines is 1. The van der Waals surface area contributed by atoms with Crippen LogP contribution >= 0.6 is 11.8 Å². The summed E-state index contributed by atoms with van der Waals surface area (Å²) in [6, 6.07) is 9.66. The van der Waals surface area contributed by atoms with E-state index in [1.165, 1.54) is 55.1 Å². The molecule has 1 N–H and O–H groups in total. The molecule has 1 aromatic carbocycles. The van der Waals surface area contributed by atoms with E-state index in [9.17, 15) is 0 Å². The maximum atomic E-state index is 3.76. The lowest BCUT2D eigenvalue weighted by atomic mass is 9.88. The van der Waals surface area contributed by atoms with Gasteiger partial charge in [-0.25, -0.2) is 0 Å². The molecule has 2 aliphatic rings. The Morgan fingerprint density at radius 3 is 2.86 bits per heavy atom. The van der Waals surface area contributed by atoms with E-state index < -0.39 is 0 Å². The first-order valence-electron chi connectivity index (χ1n) is 8.26. The lowest BCUT2D eigenvalue weighted by Gasteiger charge is -2.35. The molecule has 1 unspecified atom stereocenters. The Labute approximate surface area is 133 Å². The summed E-state index contributed by atoms with van der Waals surface area (Å²) in [5, 5.41) is 3.76. The van der Waals surface area contributed by atoms with Crippen molar-refractivity contribution in [2.24, 2.45) is 5.41 Å². The number of hydrogen-bond acceptors (Lipinski definition) is 3. The molecule has 2 saturated heterocycles. The van der Waals surface area contributed by atoms with Crippen LogP contribution < -0.4 is 5.32 Å². The van der Waals surface area contributed by atoms with Gasteiger partial charge in [0, 0.05) is 24.0 Å². The van der Waals surface area contributed by atoms with Gasteiger partial charge >= 0.3 is 0 Å². The summed E-state index contributed by atoms with van der Waals surface area (Å²) in [4.78, 5) is 2.57.